The summed E-state index contributed by atoms with van der Waals surface area (Å²) in [5.41, 5.74) is 0.965. The average Bonchev–Trinajstić information content (AvgIpc) is 3.06. The predicted octanol–water partition coefficient (Wildman–Crippen LogP) is 1.41. The van der Waals surface area contributed by atoms with Gasteiger partial charge >= 0.3 is 0 Å². The average molecular weight is 324 g/mol. The number of amides is 1. The van der Waals surface area contributed by atoms with E-state index >= 15 is 0 Å². The van der Waals surface area contributed by atoms with Crippen LogP contribution in [0, 0.1) is 0 Å². The summed E-state index contributed by atoms with van der Waals surface area (Å²) in [6.45, 7) is 5.21. The summed E-state index contributed by atoms with van der Waals surface area (Å²) in [5, 5.41) is 6.68. The Kier molecular flexibility index (Phi) is 6.45. The molecule has 1 aliphatic heterocycles. The molecule has 1 aliphatic rings. The Balaban J connectivity index is 1.86. The van der Waals surface area contributed by atoms with Gasteiger partial charge in [0.1, 0.15) is 5.15 Å². The van der Waals surface area contributed by atoms with Crippen LogP contribution in [-0.2, 0) is 11.3 Å². The Morgan fingerprint density at radius 1 is 1.36 bits per heavy atom. The van der Waals surface area contributed by atoms with Gasteiger partial charge in [-0.1, -0.05) is 17.7 Å². The van der Waals surface area contributed by atoms with E-state index in [9.17, 15) is 4.79 Å². The van der Waals surface area contributed by atoms with Gasteiger partial charge in [0.15, 0.2) is 5.96 Å². The summed E-state index contributed by atoms with van der Waals surface area (Å²) in [7, 11) is 0. The van der Waals surface area contributed by atoms with Crippen molar-refractivity contribution in [2.45, 2.75) is 26.3 Å². The van der Waals surface area contributed by atoms with Crippen LogP contribution >= 0.6 is 11.6 Å². The van der Waals surface area contributed by atoms with Crippen LogP contribution in [-0.4, -0.2) is 47.9 Å². The molecule has 120 valence electrons. The first-order valence-electron chi connectivity index (χ1n) is 7.59. The number of aromatic nitrogens is 1. The van der Waals surface area contributed by atoms with Gasteiger partial charge in [0.05, 0.1) is 13.1 Å². The van der Waals surface area contributed by atoms with Gasteiger partial charge in [0, 0.05) is 25.8 Å². The van der Waals surface area contributed by atoms with Crippen molar-refractivity contribution >= 4 is 23.5 Å². The molecule has 6 nitrogen and oxygen atoms in total. The van der Waals surface area contributed by atoms with Crippen molar-refractivity contribution in [3.05, 3.63) is 29.0 Å². The normalized spacial score (nSPS) is 15.0. The van der Waals surface area contributed by atoms with Gasteiger partial charge in [-0.3, -0.25) is 4.79 Å². The Morgan fingerprint density at radius 2 is 2.14 bits per heavy atom. The number of carbonyl (C=O) groups is 1. The molecule has 1 saturated heterocycles. The van der Waals surface area contributed by atoms with Gasteiger partial charge in [-0.25, -0.2) is 9.98 Å². The highest BCUT2D eigenvalue weighted by molar-refractivity contribution is 6.29. The second-order valence-corrected chi connectivity index (χ2v) is 5.51. The number of guanidine groups is 1. The zero-order chi connectivity index (χ0) is 15.8. The second-order valence-electron chi connectivity index (χ2n) is 5.13. The van der Waals surface area contributed by atoms with Crippen molar-refractivity contribution in [2.24, 2.45) is 4.99 Å². The van der Waals surface area contributed by atoms with Crippen molar-refractivity contribution in [3.8, 4) is 0 Å². The number of rotatable bonds is 5. The molecule has 1 aromatic rings. The number of nitrogens with one attached hydrogen (secondary N) is 2. The molecule has 0 atom stereocenters. The lowest BCUT2D eigenvalue weighted by atomic mass is 10.3. The van der Waals surface area contributed by atoms with E-state index in [2.05, 4.69) is 20.6 Å². The second kappa shape index (κ2) is 8.58. The highest BCUT2D eigenvalue weighted by Gasteiger charge is 2.17. The lowest BCUT2D eigenvalue weighted by Gasteiger charge is -2.17. The maximum atomic E-state index is 12.0. The molecule has 0 spiro atoms. The molecule has 2 N–H and O–H groups in total. The van der Waals surface area contributed by atoms with Crippen molar-refractivity contribution in [3.63, 3.8) is 0 Å². The number of nitrogens with zero attached hydrogens (tertiary/aromatic N) is 3. The van der Waals surface area contributed by atoms with Crippen molar-refractivity contribution in [1.82, 2.24) is 20.5 Å². The molecule has 1 fully saturated rings. The molecule has 7 heteroatoms. The molecule has 0 aromatic carbocycles. The molecular formula is C15H22ClN5O. The molecule has 22 heavy (non-hydrogen) atoms. The quantitative estimate of drug-likeness (QED) is 0.488. The lowest BCUT2D eigenvalue weighted by Crippen LogP contribution is -2.44. The zero-order valence-electron chi connectivity index (χ0n) is 12.8. The lowest BCUT2D eigenvalue weighted by molar-refractivity contribution is -0.128. The Labute approximate surface area is 136 Å². The largest absolute Gasteiger partial charge is 0.357 e. The van der Waals surface area contributed by atoms with Crippen LogP contribution in [0.25, 0.3) is 0 Å². The van der Waals surface area contributed by atoms with Gasteiger partial charge in [-0.05, 0) is 31.4 Å². The number of hydrogen-bond acceptors (Lipinski definition) is 3. The molecule has 1 amide bonds. The van der Waals surface area contributed by atoms with E-state index in [1.165, 1.54) is 0 Å². The molecule has 2 heterocycles. The van der Waals surface area contributed by atoms with Crippen LogP contribution in [0.1, 0.15) is 25.3 Å². The van der Waals surface area contributed by atoms with Crippen LogP contribution in [0.4, 0.5) is 0 Å². The van der Waals surface area contributed by atoms with E-state index in [-0.39, 0.29) is 12.5 Å². The van der Waals surface area contributed by atoms with E-state index in [0.717, 1.165) is 38.0 Å². The van der Waals surface area contributed by atoms with E-state index in [1.54, 1.807) is 12.3 Å². The minimum absolute atomic E-state index is 0.122. The number of halogens is 1. The zero-order valence-corrected chi connectivity index (χ0v) is 13.6. The first kappa shape index (κ1) is 16.5. The SMILES string of the molecule is CCNC(=NCc1ccc(Cl)nc1)NCC(=O)N1CCCC1. The predicted molar refractivity (Wildman–Crippen MR) is 87.9 cm³/mol. The first-order valence-corrected chi connectivity index (χ1v) is 7.97. The van der Waals surface area contributed by atoms with E-state index in [1.807, 2.05) is 17.9 Å². The smallest absolute Gasteiger partial charge is 0.241 e. The summed E-state index contributed by atoms with van der Waals surface area (Å²) in [5.74, 6) is 0.751. The monoisotopic (exact) mass is 323 g/mol. The molecular weight excluding hydrogens is 302 g/mol. The number of carbonyl (C=O) groups excluding carboxylic acids is 1. The third-order valence-electron chi connectivity index (χ3n) is 3.42. The third-order valence-corrected chi connectivity index (χ3v) is 3.64. The van der Waals surface area contributed by atoms with Crippen LogP contribution in [0.3, 0.4) is 0 Å². The van der Waals surface area contributed by atoms with Gasteiger partial charge in [0.2, 0.25) is 5.91 Å². The highest BCUT2D eigenvalue weighted by atomic mass is 35.5. The standard InChI is InChI=1S/C15H22ClN5O/c1-2-17-15(19-10-12-5-6-13(16)18-9-12)20-11-14(22)21-7-3-4-8-21/h5-6,9H,2-4,7-8,10-11H2,1H3,(H2,17,19,20). The summed E-state index contributed by atoms with van der Waals surface area (Å²) in [6.07, 6.45) is 3.90. The molecule has 0 bridgehead atoms. The van der Waals surface area contributed by atoms with Crippen LogP contribution in [0.5, 0.6) is 0 Å². The molecule has 0 radical (unpaired) electrons. The fourth-order valence-corrected chi connectivity index (χ4v) is 2.36. The molecule has 0 unspecified atom stereocenters. The first-order chi connectivity index (χ1) is 10.7. The van der Waals surface area contributed by atoms with Crippen LogP contribution in [0.2, 0.25) is 5.15 Å². The van der Waals surface area contributed by atoms with Gasteiger partial charge in [-0.15, -0.1) is 0 Å². The summed E-state index contributed by atoms with van der Waals surface area (Å²) < 4.78 is 0. The molecule has 1 aromatic heterocycles. The fourth-order valence-electron chi connectivity index (χ4n) is 2.25. The van der Waals surface area contributed by atoms with E-state index < -0.39 is 0 Å². The number of hydrogen-bond donors (Lipinski definition) is 2. The Morgan fingerprint density at radius 3 is 2.77 bits per heavy atom. The Bertz CT molecular complexity index is 511. The minimum Gasteiger partial charge on any atom is -0.357 e. The highest BCUT2D eigenvalue weighted by Crippen LogP contribution is 2.07. The third kappa shape index (κ3) is 5.18. The summed E-state index contributed by atoms with van der Waals surface area (Å²) in [6, 6.07) is 3.63. The van der Waals surface area contributed by atoms with E-state index in [4.69, 9.17) is 11.6 Å². The molecule has 0 aliphatic carbocycles. The topological polar surface area (TPSA) is 69.6 Å². The maximum Gasteiger partial charge on any atom is 0.241 e. The molecule has 2 rings (SSSR count). The van der Waals surface area contributed by atoms with Crippen LogP contribution in [0.15, 0.2) is 23.3 Å². The van der Waals surface area contributed by atoms with Crippen molar-refractivity contribution in [1.29, 1.82) is 0 Å². The van der Waals surface area contributed by atoms with E-state index in [0.29, 0.717) is 17.7 Å². The number of pyridine rings is 1. The maximum absolute atomic E-state index is 12.0. The van der Waals surface area contributed by atoms with Crippen molar-refractivity contribution in [2.75, 3.05) is 26.2 Å². The number of aliphatic imine (C=N–C) groups is 1. The fraction of sp³-hybridized carbons (Fsp3) is 0.533. The molecule has 0 saturated carbocycles. The summed E-state index contributed by atoms with van der Waals surface area (Å²) in [4.78, 5) is 22.4. The van der Waals surface area contributed by atoms with Gasteiger partial charge in [-0.2, -0.15) is 0 Å². The Hall–Kier alpha value is -1.82. The van der Waals surface area contributed by atoms with Crippen molar-refractivity contribution < 1.29 is 4.79 Å². The number of likely N-dealkylation sites (tertiary alicyclic amines) is 1. The van der Waals surface area contributed by atoms with Gasteiger partial charge < -0.3 is 15.5 Å². The van der Waals surface area contributed by atoms with Crippen LogP contribution < -0.4 is 10.6 Å². The minimum atomic E-state index is 0.122. The summed E-state index contributed by atoms with van der Waals surface area (Å²) >= 11 is 5.76. The van der Waals surface area contributed by atoms with Gasteiger partial charge in [0.25, 0.3) is 0 Å².